The van der Waals surface area contributed by atoms with E-state index in [9.17, 15) is 19.6 Å². The number of nitriles is 1. The summed E-state index contributed by atoms with van der Waals surface area (Å²) in [5.41, 5.74) is -1.44. The molecule has 0 amide bonds. The quantitative estimate of drug-likeness (QED) is 0.829. The van der Waals surface area contributed by atoms with E-state index in [1.807, 2.05) is 6.07 Å². The van der Waals surface area contributed by atoms with Crippen molar-refractivity contribution in [3.8, 4) is 6.07 Å². The molecule has 5 fully saturated rings. The van der Waals surface area contributed by atoms with Crippen molar-refractivity contribution in [2.75, 3.05) is 0 Å². The molecule has 5 aliphatic carbocycles. The maximum Gasteiger partial charge on any atom is 0.331 e. The van der Waals surface area contributed by atoms with Gasteiger partial charge in [0.25, 0.3) is 5.56 Å². The van der Waals surface area contributed by atoms with E-state index in [-0.39, 0.29) is 29.3 Å². The van der Waals surface area contributed by atoms with Gasteiger partial charge in [-0.1, -0.05) is 0 Å². The van der Waals surface area contributed by atoms with Crippen molar-refractivity contribution in [2.24, 2.45) is 23.2 Å². The summed E-state index contributed by atoms with van der Waals surface area (Å²) in [6.07, 6.45) is 9.61. The molecule has 0 aromatic carbocycles. The molecule has 0 N–H and O–H groups in total. The first-order valence-electron chi connectivity index (χ1n) is 9.78. The first-order valence-corrected chi connectivity index (χ1v) is 9.78. The van der Waals surface area contributed by atoms with Crippen LogP contribution in [0.2, 0.25) is 0 Å². The molecule has 4 bridgehead atoms. The molecule has 6 heteroatoms. The number of ketones is 1. The molecule has 6 nitrogen and oxygen atoms in total. The highest BCUT2D eigenvalue weighted by Gasteiger charge is 2.54. The third-order valence-electron chi connectivity index (χ3n) is 7.19. The lowest BCUT2D eigenvalue weighted by atomic mass is 9.48. The summed E-state index contributed by atoms with van der Waals surface area (Å²) in [6, 6.07) is 1.96. The van der Waals surface area contributed by atoms with Gasteiger partial charge in [0, 0.05) is 17.7 Å². The van der Waals surface area contributed by atoms with Crippen LogP contribution in [0.5, 0.6) is 0 Å². The molecular weight excluding hydrogens is 330 g/mol. The van der Waals surface area contributed by atoms with E-state index in [0.29, 0.717) is 17.8 Å². The SMILES string of the molecule is N#Cc1cn(C2CC2)c(=O)n(CC(=O)C23CC4CC(CC(C4)C2)C3)c1=O. The molecule has 0 unspecified atom stereocenters. The Balaban J connectivity index is 1.51. The molecule has 0 aliphatic heterocycles. The highest BCUT2D eigenvalue weighted by Crippen LogP contribution is 2.60. The zero-order chi connectivity index (χ0) is 18.1. The molecule has 0 radical (unpaired) electrons. The maximum atomic E-state index is 13.3. The lowest BCUT2D eigenvalue weighted by Crippen LogP contribution is -2.52. The van der Waals surface area contributed by atoms with Gasteiger partial charge in [-0.3, -0.25) is 18.7 Å². The molecule has 5 aliphatic rings. The predicted molar refractivity (Wildman–Crippen MR) is 93.6 cm³/mol. The Labute approximate surface area is 151 Å². The van der Waals surface area contributed by atoms with Crippen LogP contribution in [0.3, 0.4) is 0 Å². The highest BCUT2D eigenvalue weighted by molar-refractivity contribution is 5.85. The summed E-state index contributed by atoms with van der Waals surface area (Å²) in [6.45, 7) is -0.175. The van der Waals surface area contributed by atoms with Gasteiger partial charge in [0.2, 0.25) is 0 Å². The smallest absolute Gasteiger partial charge is 0.297 e. The highest BCUT2D eigenvalue weighted by atomic mass is 16.2. The number of rotatable bonds is 4. The van der Waals surface area contributed by atoms with E-state index in [2.05, 4.69) is 0 Å². The number of nitrogens with zero attached hydrogens (tertiary/aromatic N) is 3. The van der Waals surface area contributed by atoms with Crippen LogP contribution in [0.1, 0.15) is 63.0 Å². The molecule has 0 atom stereocenters. The molecule has 0 saturated heterocycles. The van der Waals surface area contributed by atoms with Gasteiger partial charge in [-0.2, -0.15) is 5.26 Å². The Morgan fingerprint density at radius 3 is 2.19 bits per heavy atom. The largest absolute Gasteiger partial charge is 0.331 e. The Bertz CT molecular complexity index is 909. The van der Waals surface area contributed by atoms with Gasteiger partial charge in [-0.15, -0.1) is 0 Å². The van der Waals surface area contributed by atoms with Crippen LogP contribution in [-0.4, -0.2) is 14.9 Å². The van der Waals surface area contributed by atoms with E-state index in [1.54, 1.807) is 0 Å². The fraction of sp³-hybridized carbons (Fsp3) is 0.700. The van der Waals surface area contributed by atoms with E-state index in [4.69, 9.17) is 0 Å². The summed E-state index contributed by atoms with van der Waals surface area (Å²) in [5.74, 6) is 1.94. The second-order valence-corrected chi connectivity index (χ2v) is 9.09. The van der Waals surface area contributed by atoms with Crippen LogP contribution in [0.4, 0.5) is 0 Å². The minimum atomic E-state index is -0.618. The number of carbonyl (C=O) groups is 1. The van der Waals surface area contributed by atoms with Crippen LogP contribution in [0.25, 0.3) is 0 Å². The molecule has 1 aromatic rings. The van der Waals surface area contributed by atoms with Gasteiger partial charge in [0.05, 0.1) is 6.54 Å². The summed E-state index contributed by atoms with van der Waals surface area (Å²) >= 11 is 0. The lowest BCUT2D eigenvalue weighted by molar-refractivity contribution is -0.144. The minimum Gasteiger partial charge on any atom is -0.297 e. The topological polar surface area (TPSA) is 84.9 Å². The summed E-state index contributed by atoms with van der Waals surface area (Å²) in [7, 11) is 0. The number of aromatic nitrogens is 2. The van der Waals surface area contributed by atoms with Gasteiger partial charge in [0.1, 0.15) is 11.6 Å². The first kappa shape index (κ1) is 16.0. The molecule has 0 spiro atoms. The monoisotopic (exact) mass is 353 g/mol. The first-order chi connectivity index (χ1) is 12.5. The fourth-order valence-electron chi connectivity index (χ4n) is 6.22. The average molecular weight is 353 g/mol. The molecule has 1 aromatic heterocycles. The second-order valence-electron chi connectivity index (χ2n) is 9.09. The van der Waals surface area contributed by atoms with E-state index >= 15 is 0 Å². The van der Waals surface area contributed by atoms with Gasteiger partial charge >= 0.3 is 5.69 Å². The lowest BCUT2D eigenvalue weighted by Gasteiger charge is -2.56. The van der Waals surface area contributed by atoms with Crippen molar-refractivity contribution >= 4 is 5.78 Å². The van der Waals surface area contributed by atoms with Crippen molar-refractivity contribution in [3.05, 3.63) is 32.6 Å². The summed E-state index contributed by atoms with van der Waals surface area (Å²) in [5, 5.41) is 9.26. The van der Waals surface area contributed by atoms with E-state index < -0.39 is 11.2 Å². The molecule has 6 rings (SSSR count). The Kier molecular flexibility index (Phi) is 3.34. The van der Waals surface area contributed by atoms with Crippen LogP contribution in [0, 0.1) is 34.5 Å². The third-order valence-corrected chi connectivity index (χ3v) is 7.19. The Morgan fingerprint density at radius 1 is 1.12 bits per heavy atom. The van der Waals surface area contributed by atoms with E-state index in [0.717, 1.165) is 36.7 Å². The maximum absolute atomic E-state index is 13.3. The number of hydrogen-bond donors (Lipinski definition) is 0. The summed E-state index contributed by atoms with van der Waals surface area (Å²) in [4.78, 5) is 38.6. The minimum absolute atomic E-state index is 0.0354. The van der Waals surface area contributed by atoms with Gasteiger partial charge in [-0.05, 0) is 69.1 Å². The van der Waals surface area contributed by atoms with Crippen molar-refractivity contribution in [3.63, 3.8) is 0 Å². The average Bonchev–Trinajstić information content (AvgIpc) is 3.42. The predicted octanol–water partition coefficient (Wildman–Crippen LogP) is 2.00. The Hall–Kier alpha value is -2.16. The number of hydrogen-bond acceptors (Lipinski definition) is 4. The zero-order valence-corrected chi connectivity index (χ0v) is 14.8. The Morgan fingerprint density at radius 2 is 1.69 bits per heavy atom. The van der Waals surface area contributed by atoms with Crippen molar-refractivity contribution in [1.29, 1.82) is 5.26 Å². The fourth-order valence-corrected chi connectivity index (χ4v) is 6.22. The van der Waals surface area contributed by atoms with Gasteiger partial charge in [-0.25, -0.2) is 4.79 Å². The third kappa shape index (κ3) is 2.33. The van der Waals surface area contributed by atoms with Crippen molar-refractivity contribution in [1.82, 2.24) is 9.13 Å². The number of Topliss-reactive ketones (excluding diaryl/α,β-unsaturated/α-hetero) is 1. The molecule has 5 saturated carbocycles. The summed E-state index contributed by atoms with van der Waals surface area (Å²) < 4.78 is 2.50. The van der Waals surface area contributed by atoms with Crippen molar-refractivity contribution < 1.29 is 4.79 Å². The molecule has 1 heterocycles. The van der Waals surface area contributed by atoms with Crippen LogP contribution < -0.4 is 11.2 Å². The zero-order valence-electron chi connectivity index (χ0n) is 14.8. The number of carbonyl (C=O) groups excluding carboxylic acids is 1. The second kappa shape index (κ2) is 5.42. The molecule has 136 valence electrons. The molecule has 26 heavy (non-hydrogen) atoms. The van der Waals surface area contributed by atoms with Crippen molar-refractivity contribution in [2.45, 2.75) is 64.0 Å². The van der Waals surface area contributed by atoms with Gasteiger partial charge in [0.15, 0.2) is 5.78 Å². The van der Waals surface area contributed by atoms with Crippen LogP contribution in [0.15, 0.2) is 15.8 Å². The molecular formula is C20H23N3O3. The van der Waals surface area contributed by atoms with Gasteiger partial charge < -0.3 is 0 Å². The van der Waals surface area contributed by atoms with Crippen LogP contribution >= 0.6 is 0 Å². The van der Waals surface area contributed by atoms with Crippen LogP contribution in [-0.2, 0) is 11.3 Å². The van der Waals surface area contributed by atoms with E-state index in [1.165, 1.54) is 30.0 Å². The normalized spacial score (nSPS) is 34.7. The standard InChI is InChI=1S/C20H23N3O3/c21-9-15-10-22(16-1-2-16)19(26)23(18(15)25)11-17(24)20-6-12-3-13(7-20)5-14(4-12)8-20/h10,12-14,16H,1-8,11H2.